The summed E-state index contributed by atoms with van der Waals surface area (Å²) < 4.78 is 5.39. The van der Waals surface area contributed by atoms with Gasteiger partial charge in [0, 0.05) is 12.1 Å². The van der Waals surface area contributed by atoms with Crippen LogP contribution in [0, 0.1) is 47.3 Å². The van der Waals surface area contributed by atoms with E-state index >= 15 is 0 Å². The summed E-state index contributed by atoms with van der Waals surface area (Å²) in [6, 6.07) is 7.30. The number of likely N-dealkylation sites (tertiary alicyclic amines) is 2. The Bertz CT molecular complexity index is 1340. The van der Waals surface area contributed by atoms with Gasteiger partial charge in [-0.3, -0.25) is 33.8 Å². The van der Waals surface area contributed by atoms with E-state index in [-0.39, 0.29) is 77.9 Å². The first kappa shape index (κ1) is 26.0. The van der Waals surface area contributed by atoms with Gasteiger partial charge < -0.3 is 4.74 Å². The Balaban J connectivity index is 1.02. The monoisotopic (exact) mass is 556 g/mol. The number of nitrogens with zero attached hydrogens (tertiary/aromatic N) is 2. The van der Waals surface area contributed by atoms with Crippen LogP contribution in [0.1, 0.15) is 42.5 Å². The van der Waals surface area contributed by atoms with Gasteiger partial charge in [-0.2, -0.15) is 0 Å². The lowest BCUT2D eigenvalue weighted by Crippen LogP contribution is -2.47. The van der Waals surface area contributed by atoms with Gasteiger partial charge in [0.05, 0.1) is 23.7 Å². The zero-order valence-electron chi connectivity index (χ0n) is 22.6. The summed E-state index contributed by atoms with van der Waals surface area (Å²) in [5, 5.41) is 0. The molecule has 212 valence electrons. The van der Waals surface area contributed by atoms with Crippen molar-refractivity contribution in [2.45, 2.75) is 38.1 Å². The summed E-state index contributed by atoms with van der Waals surface area (Å²) in [6.45, 7) is -0.259. The van der Waals surface area contributed by atoms with E-state index in [9.17, 15) is 28.8 Å². The fourth-order valence-electron chi connectivity index (χ4n) is 8.32. The molecule has 0 N–H and O–H groups in total. The minimum atomic E-state index is -1.16. The molecule has 1 aromatic rings. The average molecular weight is 557 g/mol. The van der Waals surface area contributed by atoms with Crippen molar-refractivity contribution in [1.29, 1.82) is 0 Å². The normalized spacial score (nSPS) is 34.6. The van der Waals surface area contributed by atoms with Gasteiger partial charge >= 0.3 is 5.97 Å². The number of rotatable bonds is 10. The van der Waals surface area contributed by atoms with Crippen LogP contribution in [0.2, 0.25) is 0 Å². The number of Topliss-reactive ketones (excluding diaryl/α,β-unsaturated/α-hetero) is 1. The standard InChI is InChI=1S/C32H32N2O7/c35-23(17-6-2-1-3-7-17)16-41-32(40)22(34-30(38)26-20-11-12-21(15-20)27(26)31(34)39)8-4-5-13-33-28(36)24-18-9-10-19(14-18)25(24)29(33)37/h1-3,6-7,9-12,18-22,24-27H,4-5,8,13-16H2/t18-,19-,20-,21-,22+,24-,25-,26-,27+/m0/s1. The SMILES string of the molecule is O=C(COC(=O)[C@@H](CCCCN1C(=O)[C@@H]2[C@@H](C1=O)[C@H]1C=C[C@H]2C1)N1C(=O)[C@@H]2[C@H](C1=O)[C@H]1C=C[C@H]2C1)c1ccccc1. The molecule has 0 unspecified atom stereocenters. The highest BCUT2D eigenvalue weighted by atomic mass is 16.5. The molecule has 0 radical (unpaired) electrons. The Morgan fingerprint density at radius 1 is 0.732 bits per heavy atom. The minimum Gasteiger partial charge on any atom is -0.456 e. The first-order valence-electron chi connectivity index (χ1n) is 14.7. The van der Waals surface area contributed by atoms with E-state index < -0.39 is 30.5 Å². The minimum absolute atomic E-state index is 0.000736. The molecular weight excluding hydrogens is 524 g/mol. The second-order valence-electron chi connectivity index (χ2n) is 12.3. The molecule has 2 saturated carbocycles. The summed E-state index contributed by atoms with van der Waals surface area (Å²) in [5.74, 6) is -3.26. The predicted molar refractivity (Wildman–Crippen MR) is 143 cm³/mol. The third-order valence-corrected chi connectivity index (χ3v) is 10.2. The molecule has 1 aromatic carbocycles. The highest BCUT2D eigenvalue weighted by Crippen LogP contribution is 2.54. The first-order chi connectivity index (χ1) is 19.8. The Hall–Kier alpha value is -3.88. The first-order valence-corrected chi connectivity index (χ1v) is 14.7. The lowest BCUT2D eigenvalue weighted by atomic mass is 9.85. The van der Waals surface area contributed by atoms with Crippen LogP contribution in [0.5, 0.6) is 0 Å². The molecule has 9 nitrogen and oxygen atoms in total. The number of allylic oxidation sites excluding steroid dienone is 4. The molecule has 0 aromatic heterocycles. The maximum Gasteiger partial charge on any atom is 0.329 e. The van der Waals surface area contributed by atoms with Crippen molar-refractivity contribution < 1.29 is 33.5 Å². The number of hydrogen-bond donors (Lipinski definition) is 0. The number of amides is 4. The van der Waals surface area contributed by atoms with Crippen LogP contribution < -0.4 is 0 Å². The highest BCUT2D eigenvalue weighted by molar-refractivity contribution is 6.09. The molecule has 4 amide bonds. The number of ether oxygens (including phenoxy) is 1. The molecule has 4 bridgehead atoms. The smallest absolute Gasteiger partial charge is 0.329 e. The van der Waals surface area contributed by atoms with Crippen LogP contribution in [0.15, 0.2) is 54.6 Å². The Kier molecular flexibility index (Phi) is 6.28. The van der Waals surface area contributed by atoms with Crippen LogP contribution >= 0.6 is 0 Å². The van der Waals surface area contributed by atoms with Crippen LogP contribution in [0.25, 0.3) is 0 Å². The molecule has 4 aliphatic carbocycles. The molecule has 2 aliphatic heterocycles. The van der Waals surface area contributed by atoms with Crippen LogP contribution in [0.4, 0.5) is 0 Å². The van der Waals surface area contributed by atoms with E-state index in [1.807, 2.05) is 12.2 Å². The van der Waals surface area contributed by atoms with Crippen molar-refractivity contribution >= 4 is 35.4 Å². The summed E-state index contributed by atoms with van der Waals surface area (Å²) in [5.41, 5.74) is 0.399. The van der Waals surface area contributed by atoms with Crippen molar-refractivity contribution in [3.8, 4) is 0 Å². The molecule has 7 rings (SSSR count). The number of ketones is 1. The molecule has 2 heterocycles. The van der Waals surface area contributed by atoms with Crippen molar-refractivity contribution in [1.82, 2.24) is 9.80 Å². The van der Waals surface area contributed by atoms with E-state index in [2.05, 4.69) is 12.2 Å². The van der Waals surface area contributed by atoms with Gasteiger partial charge in [-0.25, -0.2) is 4.79 Å². The number of benzene rings is 1. The highest BCUT2D eigenvalue weighted by Gasteiger charge is 2.61. The van der Waals surface area contributed by atoms with Crippen molar-refractivity contribution in [2.24, 2.45) is 47.3 Å². The van der Waals surface area contributed by atoms with Crippen molar-refractivity contribution in [3.63, 3.8) is 0 Å². The Labute approximate surface area is 237 Å². The number of fused-ring (bicyclic) bond motifs is 10. The molecule has 6 aliphatic rings. The summed E-state index contributed by atoms with van der Waals surface area (Å²) in [6.07, 6.45) is 10.7. The van der Waals surface area contributed by atoms with Gasteiger partial charge in [0.25, 0.3) is 0 Å². The van der Waals surface area contributed by atoms with Crippen molar-refractivity contribution in [3.05, 3.63) is 60.2 Å². The molecule has 0 spiro atoms. The Morgan fingerprint density at radius 3 is 1.78 bits per heavy atom. The molecule has 4 fully saturated rings. The largest absolute Gasteiger partial charge is 0.456 e. The molecule has 41 heavy (non-hydrogen) atoms. The zero-order valence-corrected chi connectivity index (χ0v) is 22.6. The third-order valence-electron chi connectivity index (χ3n) is 10.2. The van der Waals surface area contributed by atoms with Gasteiger partial charge in [-0.1, -0.05) is 54.6 Å². The fraction of sp³-hybridized carbons (Fsp3) is 0.500. The lowest BCUT2D eigenvalue weighted by molar-refractivity contribution is -0.159. The zero-order chi connectivity index (χ0) is 28.4. The molecule has 9 heteroatoms. The molecular formula is C32H32N2O7. The third kappa shape index (κ3) is 4.03. The number of unbranched alkanes of at least 4 members (excludes halogenated alkanes) is 1. The fourth-order valence-corrected chi connectivity index (χ4v) is 8.32. The lowest BCUT2D eigenvalue weighted by Gasteiger charge is -2.26. The van der Waals surface area contributed by atoms with Gasteiger partial charge in [-0.15, -0.1) is 0 Å². The van der Waals surface area contributed by atoms with Crippen LogP contribution in [-0.4, -0.2) is 64.4 Å². The van der Waals surface area contributed by atoms with Gasteiger partial charge in [0.2, 0.25) is 23.6 Å². The van der Waals surface area contributed by atoms with Crippen LogP contribution in [0.3, 0.4) is 0 Å². The summed E-state index contributed by atoms with van der Waals surface area (Å²) in [7, 11) is 0. The summed E-state index contributed by atoms with van der Waals surface area (Å²) >= 11 is 0. The van der Waals surface area contributed by atoms with Gasteiger partial charge in [-0.05, 0) is 55.8 Å². The van der Waals surface area contributed by atoms with Gasteiger partial charge in [0.1, 0.15) is 6.04 Å². The van der Waals surface area contributed by atoms with E-state index in [4.69, 9.17) is 4.74 Å². The number of carbonyl (C=O) groups is 6. The maximum absolute atomic E-state index is 13.5. The topological polar surface area (TPSA) is 118 Å². The Morgan fingerprint density at radius 2 is 1.24 bits per heavy atom. The number of carbonyl (C=O) groups excluding carboxylic acids is 6. The number of esters is 1. The molecule has 2 saturated heterocycles. The van der Waals surface area contributed by atoms with Crippen LogP contribution in [-0.2, 0) is 28.7 Å². The second-order valence-corrected chi connectivity index (χ2v) is 12.3. The van der Waals surface area contributed by atoms with E-state index in [0.29, 0.717) is 18.4 Å². The molecule has 9 atom stereocenters. The van der Waals surface area contributed by atoms with Crippen molar-refractivity contribution in [2.75, 3.05) is 13.2 Å². The summed E-state index contributed by atoms with van der Waals surface area (Å²) in [4.78, 5) is 81.4. The average Bonchev–Trinajstić information content (AvgIpc) is 3.83. The quantitative estimate of drug-likeness (QED) is 0.143. The van der Waals surface area contributed by atoms with Gasteiger partial charge in [0.15, 0.2) is 12.4 Å². The second kappa shape index (κ2) is 9.89. The maximum atomic E-state index is 13.5. The predicted octanol–water partition coefficient (Wildman–Crippen LogP) is 2.57. The van der Waals surface area contributed by atoms with E-state index in [0.717, 1.165) is 17.7 Å². The number of imide groups is 2. The van der Waals surface area contributed by atoms with E-state index in [1.165, 1.54) is 4.90 Å². The number of hydrogen-bond acceptors (Lipinski definition) is 7. The van der Waals surface area contributed by atoms with E-state index in [1.54, 1.807) is 30.3 Å².